The number of halogens is 1. The van der Waals surface area contributed by atoms with Gasteiger partial charge in [0.05, 0.1) is 12.8 Å². The van der Waals surface area contributed by atoms with Crippen molar-refractivity contribution in [2.24, 2.45) is 10.7 Å². The minimum absolute atomic E-state index is 0. The van der Waals surface area contributed by atoms with Crippen molar-refractivity contribution in [1.82, 2.24) is 4.90 Å². The third kappa shape index (κ3) is 6.84. The second kappa shape index (κ2) is 11.5. The zero-order chi connectivity index (χ0) is 16.5. The van der Waals surface area contributed by atoms with Gasteiger partial charge in [-0.2, -0.15) is 0 Å². The van der Waals surface area contributed by atoms with Gasteiger partial charge in [0.15, 0.2) is 5.96 Å². The number of piperidine rings is 1. The standard InChI is InChI=1S/C18H30N4O.HI/c1-15-9-5-7-13-22(15)14-8-6-12-20-18(19)21-16-10-3-4-11-17(16)23-2;/h3-4,10-11,15H,5-9,12-14H2,1-2H3,(H3,19,20,21);1H. The van der Waals surface area contributed by atoms with Crippen LogP contribution in [0.2, 0.25) is 0 Å². The number of para-hydroxylation sites is 2. The second-order valence-corrected chi connectivity index (χ2v) is 6.18. The van der Waals surface area contributed by atoms with E-state index in [4.69, 9.17) is 10.5 Å². The lowest BCUT2D eigenvalue weighted by Gasteiger charge is -2.33. The molecule has 0 radical (unpaired) electrons. The number of ether oxygens (including phenoxy) is 1. The average Bonchev–Trinajstić information content (AvgIpc) is 2.56. The third-order valence-electron chi connectivity index (χ3n) is 4.45. The van der Waals surface area contributed by atoms with Crippen molar-refractivity contribution in [2.75, 3.05) is 32.1 Å². The molecule has 1 saturated heterocycles. The van der Waals surface area contributed by atoms with E-state index in [9.17, 15) is 0 Å². The molecule has 1 fully saturated rings. The van der Waals surface area contributed by atoms with Crippen LogP contribution in [0.3, 0.4) is 0 Å². The molecule has 1 aliphatic rings. The predicted molar refractivity (Wildman–Crippen MR) is 113 cm³/mol. The Kier molecular flexibility index (Phi) is 10.1. The summed E-state index contributed by atoms with van der Waals surface area (Å²) < 4.78 is 5.29. The van der Waals surface area contributed by atoms with Crippen molar-refractivity contribution in [1.29, 1.82) is 0 Å². The lowest BCUT2D eigenvalue weighted by molar-refractivity contribution is 0.158. The fourth-order valence-corrected chi connectivity index (χ4v) is 3.04. The Balaban J connectivity index is 0.00000288. The van der Waals surface area contributed by atoms with E-state index < -0.39 is 0 Å². The number of nitrogens with zero attached hydrogens (tertiary/aromatic N) is 2. The zero-order valence-corrected chi connectivity index (χ0v) is 17.2. The highest BCUT2D eigenvalue weighted by Crippen LogP contribution is 2.22. The minimum Gasteiger partial charge on any atom is -0.495 e. The van der Waals surface area contributed by atoms with Gasteiger partial charge in [0.25, 0.3) is 0 Å². The van der Waals surface area contributed by atoms with Gasteiger partial charge in [-0.15, -0.1) is 24.0 Å². The second-order valence-electron chi connectivity index (χ2n) is 6.18. The summed E-state index contributed by atoms with van der Waals surface area (Å²) in [7, 11) is 1.65. The molecule has 6 heteroatoms. The van der Waals surface area contributed by atoms with E-state index in [2.05, 4.69) is 22.1 Å². The number of nitrogens with two attached hydrogens (primary N) is 1. The van der Waals surface area contributed by atoms with Crippen LogP contribution in [0, 0.1) is 0 Å². The van der Waals surface area contributed by atoms with E-state index >= 15 is 0 Å². The molecule has 0 aliphatic carbocycles. The highest BCUT2D eigenvalue weighted by Gasteiger charge is 2.16. The zero-order valence-electron chi connectivity index (χ0n) is 14.8. The normalized spacial score (nSPS) is 18.8. The summed E-state index contributed by atoms with van der Waals surface area (Å²) in [6, 6.07) is 8.44. The minimum atomic E-state index is 0. The molecule has 0 spiro atoms. The van der Waals surface area contributed by atoms with Crippen molar-refractivity contribution < 1.29 is 4.74 Å². The number of nitrogens with one attached hydrogen (secondary N) is 1. The van der Waals surface area contributed by atoms with Crippen LogP contribution in [0.1, 0.15) is 39.0 Å². The molecule has 1 aromatic carbocycles. The highest BCUT2D eigenvalue weighted by atomic mass is 127. The summed E-state index contributed by atoms with van der Waals surface area (Å²) in [6.07, 6.45) is 6.31. The van der Waals surface area contributed by atoms with Gasteiger partial charge in [0.2, 0.25) is 0 Å². The first kappa shape index (κ1) is 21.0. The third-order valence-corrected chi connectivity index (χ3v) is 4.45. The molecule has 0 saturated carbocycles. The van der Waals surface area contributed by atoms with E-state index in [1.807, 2.05) is 24.3 Å². The van der Waals surface area contributed by atoms with E-state index in [1.54, 1.807) is 7.11 Å². The van der Waals surface area contributed by atoms with Crippen LogP contribution in [0.4, 0.5) is 5.69 Å². The fourth-order valence-electron chi connectivity index (χ4n) is 3.04. The number of hydrogen-bond acceptors (Lipinski definition) is 3. The molecule has 1 unspecified atom stereocenters. The molecular weight excluding hydrogens is 415 g/mol. The van der Waals surface area contributed by atoms with E-state index in [0.29, 0.717) is 5.96 Å². The summed E-state index contributed by atoms with van der Waals surface area (Å²) in [6.45, 7) is 5.53. The SMILES string of the molecule is COc1ccccc1NC(N)=NCCCCN1CCCCC1C.I. The Bertz CT molecular complexity index is 510. The number of hydrogen-bond donors (Lipinski definition) is 2. The van der Waals surface area contributed by atoms with Crippen LogP contribution >= 0.6 is 24.0 Å². The predicted octanol–water partition coefficient (Wildman–Crippen LogP) is 3.69. The van der Waals surface area contributed by atoms with E-state index in [-0.39, 0.29) is 24.0 Å². The van der Waals surface area contributed by atoms with Crippen molar-refractivity contribution in [3.8, 4) is 5.75 Å². The molecule has 1 atom stereocenters. The number of aliphatic imine (C=N–C) groups is 1. The number of rotatable bonds is 7. The Labute approximate surface area is 163 Å². The largest absolute Gasteiger partial charge is 0.495 e. The Hall–Kier alpha value is -1.02. The maximum absolute atomic E-state index is 5.95. The molecule has 3 N–H and O–H groups in total. The van der Waals surface area contributed by atoms with Crippen molar-refractivity contribution >= 4 is 35.6 Å². The maximum atomic E-state index is 5.95. The quantitative estimate of drug-likeness (QED) is 0.290. The van der Waals surface area contributed by atoms with Gasteiger partial charge in [-0.05, 0) is 57.8 Å². The van der Waals surface area contributed by atoms with Gasteiger partial charge in [0, 0.05) is 12.6 Å². The first-order chi connectivity index (χ1) is 11.2. The van der Waals surface area contributed by atoms with Crippen LogP contribution in [-0.4, -0.2) is 43.6 Å². The number of benzene rings is 1. The van der Waals surface area contributed by atoms with Crippen LogP contribution in [0.15, 0.2) is 29.3 Å². The molecule has 5 nitrogen and oxygen atoms in total. The van der Waals surface area contributed by atoms with Gasteiger partial charge >= 0.3 is 0 Å². The molecule has 24 heavy (non-hydrogen) atoms. The molecule has 136 valence electrons. The topological polar surface area (TPSA) is 62.9 Å². The summed E-state index contributed by atoms with van der Waals surface area (Å²) in [4.78, 5) is 7.01. The first-order valence-electron chi connectivity index (χ1n) is 8.64. The summed E-state index contributed by atoms with van der Waals surface area (Å²) in [5.41, 5.74) is 6.80. The highest BCUT2D eigenvalue weighted by molar-refractivity contribution is 14.0. The molecule has 0 aromatic heterocycles. The summed E-state index contributed by atoms with van der Waals surface area (Å²) in [5, 5.41) is 3.10. The number of likely N-dealkylation sites (tertiary alicyclic amines) is 1. The molecular formula is C18H31IN4O. The summed E-state index contributed by atoms with van der Waals surface area (Å²) >= 11 is 0. The van der Waals surface area contributed by atoms with Crippen molar-refractivity contribution in [2.45, 2.75) is 45.1 Å². The molecule has 0 bridgehead atoms. The van der Waals surface area contributed by atoms with Gasteiger partial charge in [-0.3, -0.25) is 4.99 Å². The number of methoxy groups -OCH3 is 1. The van der Waals surface area contributed by atoms with Gasteiger partial charge < -0.3 is 20.7 Å². The molecule has 1 aliphatic heterocycles. The monoisotopic (exact) mass is 446 g/mol. The Morgan fingerprint density at radius 1 is 1.33 bits per heavy atom. The first-order valence-corrected chi connectivity index (χ1v) is 8.64. The van der Waals surface area contributed by atoms with Crippen LogP contribution in [0.5, 0.6) is 5.75 Å². The van der Waals surface area contributed by atoms with Crippen LogP contribution in [-0.2, 0) is 0 Å². The average molecular weight is 446 g/mol. The molecule has 2 rings (SSSR count). The molecule has 0 amide bonds. The van der Waals surface area contributed by atoms with Gasteiger partial charge in [0.1, 0.15) is 5.75 Å². The smallest absolute Gasteiger partial charge is 0.193 e. The van der Waals surface area contributed by atoms with E-state index in [0.717, 1.165) is 30.4 Å². The fraction of sp³-hybridized carbons (Fsp3) is 0.611. The van der Waals surface area contributed by atoms with Crippen molar-refractivity contribution in [3.05, 3.63) is 24.3 Å². The molecule has 1 aromatic rings. The number of guanidine groups is 1. The Morgan fingerprint density at radius 3 is 2.88 bits per heavy atom. The number of unbranched alkanes of at least 4 members (excludes halogenated alkanes) is 1. The lowest BCUT2D eigenvalue weighted by atomic mass is 10.0. The maximum Gasteiger partial charge on any atom is 0.193 e. The molecule has 1 heterocycles. The van der Waals surface area contributed by atoms with Crippen molar-refractivity contribution in [3.63, 3.8) is 0 Å². The number of anilines is 1. The summed E-state index contributed by atoms with van der Waals surface area (Å²) in [5.74, 6) is 1.21. The van der Waals surface area contributed by atoms with Gasteiger partial charge in [-0.1, -0.05) is 18.6 Å². The van der Waals surface area contributed by atoms with E-state index in [1.165, 1.54) is 38.8 Å². The lowest BCUT2D eigenvalue weighted by Crippen LogP contribution is -2.38. The van der Waals surface area contributed by atoms with Gasteiger partial charge in [-0.25, -0.2) is 0 Å². The Morgan fingerprint density at radius 2 is 2.12 bits per heavy atom. The van der Waals surface area contributed by atoms with Crippen LogP contribution in [0.25, 0.3) is 0 Å². The van der Waals surface area contributed by atoms with Crippen LogP contribution < -0.4 is 15.8 Å².